The number of urea groups is 1. The Morgan fingerprint density at radius 1 is 0.754 bits per heavy atom. The quantitative estimate of drug-likeness (QED) is 0.0904. The smallest absolute Gasteiger partial charge is 0.408 e. The summed E-state index contributed by atoms with van der Waals surface area (Å²) in [5.74, 6) is 1.26. The SMILES string of the molecule is COC(=O)N[C@H](NC(=O)N1CCC[C@H]1c1nc2ccc(-c3ccc4cc(-c5cnc([C@@H]6CCCN6C(=O)[C@@H](NC(=O)OC)C6CCOCC6)[nH]5)ccc4c3)cc2[nH]1)C(C)C.Cl. The number of aromatic amines is 2. The van der Waals surface area contributed by atoms with Crippen LogP contribution in [0.15, 0.2) is 60.8 Å². The molecule has 0 unspecified atom stereocenters. The topological polar surface area (TPSA) is 196 Å². The van der Waals surface area contributed by atoms with Crippen LogP contribution in [0, 0.1) is 11.8 Å². The van der Waals surface area contributed by atoms with E-state index in [4.69, 9.17) is 24.2 Å². The lowest BCUT2D eigenvalue weighted by Crippen LogP contribution is -2.54. The number of carbonyl (C=O) groups excluding carboxylic acids is 4. The summed E-state index contributed by atoms with van der Waals surface area (Å²) in [7, 11) is 2.60. The first kappa shape index (κ1) is 43.2. The van der Waals surface area contributed by atoms with Gasteiger partial charge in [0, 0.05) is 31.9 Å². The second kappa shape index (κ2) is 18.8. The number of amides is 5. The molecule has 3 fully saturated rings. The Labute approximate surface area is 360 Å². The molecule has 8 rings (SSSR count). The molecule has 16 nitrogen and oxygen atoms in total. The predicted octanol–water partition coefficient (Wildman–Crippen LogP) is 7.19. The molecule has 5 N–H and O–H groups in total. The summed E-state index contributed by atoms with van der Waals surface area (Å²) in [4.78, 5) is 71.8. The van der Waals surface area contributed by atoms with Crippen LogP contribution in [0.4, 0.5) is 14.4 Å². The third-order valence-electron chi connectivity index (χ3n) is 12.1. The van der Waals surface area contributed by atoms with Crippen molar-refractivity contribution in [3.05, 3.63) is 72.4 Å². The average Bonchev–Trinajstić information content (AvgIpc) is 4.11. The molecule has 3 saturated heterocycles. The van der Waals surface area contributed by atoms with Crippen molar-refractivity contribution >= 4 is 58.3 Å². The Hall–Kier alpha value is -5.87. The van der Waals surface area contributed by atoms with E-state index in [0.717, 1.165) is 81.5 Å². The lowest BCUT2D eigenvalue weighted by molar-refractivity contribution is -0.136. The van der Waals surface area contributed by atoms with Crippen molar-refractivity contribution in [2.75, 3.05) is 40.5 Å². The molecule has 0 saturated carbocycles. The Balaban J connectivity index is 0.00000561. The van der Waals surface area contributed by atoms with E-state index in [1.807, 2.05) is 31.0 Å². The second-order valence-corrected chi connectivity index (χ2v) is 16.2. The summed E-state index contributed by atoms with van der Waals surface area (Å²) in [6, 6.07) is 17.5. The fraction of sp³-hybridized carbons (Fsp3) is 0.455. The Morgan fingerprint density at radius 2 is 1.38 bits per heavy atom. The number of alkyl carbamates (subject to hydrolysis) is 2. The van der Waals surface area contributed by atoms with Gasteiger partial charge in [-0.1, -0.05) is 44.2 Å². The van der Waals surface area contributed by atoms with Gasteiger partial charge < -0.3 is 49.9 Å². The summed E-state index contributed by atoms with van der Waals surface area (Å²) in [5.41, 5.74) is 5.64. The number of imidazole rings is 2. The number of likely N-dealkylation sites (tertiary alicyclic amines) is 2. The zero-order valence-electron chi connectivity index (χ0n) is 34.9. The standard InChI is InChI=1S/C44H53N9O7.ClH/c1-25(2)38(51-44(57)59-4)50-42(55)53-18-6-8-36(53)40-46-32-14-13-30(23-33(32)47-40)28-9-10-29-22-31(12-11-27(29)21-28)34-24-45-39(48-34)35-7-5-17-52(35)41(54)37(49-43(56)58-3)26-15-19-60-20-16-26;/h9-14,21-26,35-38H,5-8,15-20H2,1-4H3,(H,45,48)(H,46,47)(H,49,56)(H,50,55)(H,51,57);1H/t35-,36-,37-,38-;/m0./s1. The number of benzene rings is 3. The number of hydrogen-bond acceptors (Lipinski definition) is 9. The largest absolute Gasteiger partial charge is 0.453 e. The van der Waals surface area contributed by atoms with Crippen LogP contribution in [0.3, 0.4) is 0 Å². The molecule has 3 aliphatic heterocycles. The normalized spacial score (nSPS) is 19.1. The van der Waals surface area contributed by atoms with Gasteiger partial charge in [0.05, 0.1) is 49.2 Å². The van der Waals surface area contributed by atoms with E-state index in [1.165, 1.54) is 14.2 Å². The number of fused-ring (bicyclic) bond motifs is 2. The maximum atomic E-state index is 14.0. The maximum absolute atomic E-state index is 14.0. The third-order valence-corrected chi connectivity index (χ3v) is 12.1. The van der Waals surface area contributed by atoms with E-state index >= 15 is 0 Å². The van der Waals surface area contributed by atoms with E-state index in [9.17, 15) is 19.2 Å². The van der Waals surface area contributed by atoms with Gasteiger partial charge >= 0.3 is 18.2 Å². The van der Waals surface area contributed by atoms with Crippen molar-refractivity contribution in [2.24, 2.45) is 11.8 Å². The van der Waals surface area contributed by atoms with Crippen molar-refractivity contribution in [3.8, 4) is 22.4 Å². The van der Waals surface area contributed by atoms with Gasteiger partial charge in [-0.15, -0.1) is 12.4 Å². The van der Waals surface area contributed by atoms with Gasteiger partial charge in [0.25, 0.3) is 0 Å². The number of halogens is 1. The fourth-order valence-electron chi connectivity index (χ4n) is 8.79. The van der Waals surface area contributed by atoms with Crippen molar-refractivity contribution in [2.45, 2.75) is 76.7 Å². The molecule has 61 heavy (non-hydrogen) atoms. The highest BCUT2D eigenvalue weighted by atomic mass is 35.5. The monoisotopic (exact) mass is 855 g/mol. The summed E-state index contributed by atoms with van der Waals surface area (Å²) in [6.45, 7) is 6.11. The fourth-order valence-corrected chi connectivity index (χ4v) is 8.79. The van der Waals surface area contributed by atoms with Crippen LogP contribution in [0.1, 0.15) is 76.1 Å². The summed E-state index contributed by atoms with van der Waals surface area (Å²) in [5, 5.41) is 10.6. The van der Waals surface area contributed by atoms with E-state index < -0.39 is 24.4 Å². The molecule has 324 valence electrons. The number of hydrogen-bond donors (Lipinski definition) is 5. The van der Waals surface area contributed by atoms with Crippen LogP contribution in [-0.2, 0) is 19.0 Å². The number of aromatic nitrogens is 4. The molecule has 0 spiro atoms. The molecule has 5 heterocycles. The van der Waals surface area contributed by atoms with Crippen molar-refractivity contribution in [1.29, 1.82) is 0 Å². The highest BCUT2D eigenvalue weighted by Gasteiger charge is 2.40. The lowest BCUT2D eigenvalue weighted by atomic mass is 9.90. The molecule has 0 radical (unpaired) electrons. The molecule has 3 aromatic carbocycles. The average molecular weight is 856 g/mol. The Bertz CT molecular complexity index is 2380. The van der Waals surface area contributed by atoms with Crippen LogP contribution >= 0.6 is 12.4 Å². The first-order valence-electron chi connectivity index (χ1n) is 20.8. The van der Waals surface area contributed by atoms with Crippen LogP contribution in [-0.4, -0.2) is 107 Å². The molecule has 5 aromatic rings. The first-order chi connectivity index (χ1) is 29.1. The van der Waals surface area contributed by atoms with Crippen LogP contribution in [0.2, 0.25) is 0 Å². The molecule has 2 aromatic heterocycles. The number of ether oxygens (including phenoxy) is 3. The number of carbonyl (C=O) groups is 4. The van der Waals surface area contributed by atoms with E-state index in [2.05, 4.69) is 74.4 Å². The first-order valence-corrected chi connectivity index (χ1v) is 20.8. The van der Waals surface area contributed by atoms with Gasteiger partial charge in [0.15, 0.2) is 0 Å². The maximum Gasteiger partial charge on any atom is 0.408 e. The molecule has 3 aliphatic rings. The van der Waals surface area contributed by atoms with Crippen molar-refractivity contribution in [1.82, 2.24) is 45.7 Å². The predicted molar refractivity (Wildman–Crippen MR) is 232 cm³/mol. The van der Waals surface area contributed by atoms with Crippen molar-refractivity contribution in [3.63, 3.8) is 0 Å². The summed E-state index contributed by atoms with van der Waals surface area (Å²) >= 11 is 0. The van der Waals surface area contributed by atoms with Crippen LogP contribution in [0.25, 0.3) is 44.2 Å². The minimum Gasteiger partial charge on any atom is -0.453 e. The second-order valence-electron chi connectivity index (χ2n) is 16.2. The number of methoxy groups -OCH3 is 2. The van der Waals surface area contributed by atoms with Crippen LogP contribution < -0.4 is 16.0 Å². The molecular formula is C44H54ClN9O7. The molecule has 0 aliphatic carbocycles. The van der Waals surface area contributed by atoms with Gasteiger partial charge in [0.2, 0.25) is 5.91 Å². The molecule has 4 atom stereocenters. The zero-order chi connectivity index (χ0) is 41.9. The number of nitrogens with one attached hydrogen (secondary N) is 5. The highest BCUT2D eigenvalue weighted by Crippen LogP contribution is 2.36. The molecule has 0 bridgehead atoms. The van der Waals surface area contributed by atoms with Gasteiger partial charge in [-0.25, -0.2) is 24.4 Å². The number of nitrogens with zero attached hydrogens (tertiary/aromatic N) is 4. The third kappa shape index (κ3) is 9.25. The summed E-state index contributed by atoms with van der Waals surface area (Å²) in [6.07, 6.45) is 4.64. The van der Waals surface area contributed by atoms with E-state index in [1.54, 1.807) is 4.90 Å². The van der Waals surface area contributed by atoms with Gasteiger partial charge in [-0.3, -0.25) is 4.79 Å². The lowest BCUT2D eigenvalue weighted by Gasteiger charge is -2.34. The molecule has 5 amide bonds. The minimum absolute atomic E-state index is 0. The van der Waals surface area contributed by atoms with Crippen molar-refractivity contribution < 1.29 is 33.4 Å². The van der Waals surface area contributed by atoms with E-state index in [0.29, 0.717) is 39.1 Å². The van der Waals surface area contributed by atoms with Gasteiger partial charge in [0.1, 0.15) is 23.9 Å². The van der Waals surface area contributed by atoms with Crippen LogP contribution in [0.5, 0.6) is 0 Å². The molecule has 17 heteroatoms. The van der Waals surface area contributed by atoms with E-state index in [-0.39, 0.29) is 48.3 Å². The number of rotatable bonds is 10. The number of H-pyrrole nitrogens is 2. The minimum atomic E-state index is -0.688. The Kier molecular flexibility index (Phi) is 13.3. The van der Waals surface area contributed by atoms with Gasteiger partial charge in [-0.2, -0.15) is 0 Å². The molecular weight excluding hydrogens is 802 g/mol. The van der Waals surface area contributed by atoms with Gasteiger partial charge in [-0.05, 0) is 96.5 Å². The Morgan fingerprint density at radius 3 is 2.08 bits per heavy atom. The highest BCUT2D eigenvalue weighted by molar-refractivity contribution is 5.92. The zero-order valence-corrected chi connectivity index (χ0v) is 35.7. The summed E-state index contributed by atoms with van der Waals surface area (Å²) < 4.78 is 15.1.